The van der Waals surface area contributed by atoms with E-state index in [0.717, 1.165) is 18.2 Å². The highest BCUT2D eigenvalue weighted by Crippen LogP contribution is 2.23. The van der Waals surface area contributed by atoms with Crippen LogP contribution in [0.3, 0.4) is 0 Å². The third-order valence-electron chi connectivity index (χ3n) is 3.02. The van der Waals surface area contributed by atoms with Crippen molar-refractivity contribution in [2.75, 3.05) is 6.54 Å². The van der Waals surface area contributed by atoms with Crippen molar-refractivity contribution >= 4 is 23.2 Å². The summed E-state index contributed by atoms with van der Waals surface area (Å²) in [6.45, 7) is 0.234. The summed E-state index contributed by atoms with van der Waals surface area (Å²) in [6, 6.07) is 2.78. The second-order valence-corrected chi connectivity index (χ2v) is 4.75. The van der Waals surface area contributed by atoms with Crippen molar-refractivity contribution < 1.29 is 19.4 Å². The number of carbonyl (C=O) groups excluding carboxylic acids is 2. The lowest BCUT2D eigenvalue weighted by atomic mass is 10.1. The number of benzene rings is 1. The van der Waals surface area contributed by atoms with Gasteiger partial charge in [0.2, 0.25) is 5.91 Å². The van der Waals surface area contributed by atoms with E-state index in [1.807, 2.05) is 0 Å². The molecular formula is C13H16N4O6. The Morgan fingerprint density at radius 2 is 1.78 bits per heavy atom. The molecule has 0 aromatic heterocycles. The second-order valence-electron chi connectivity index (χ2n) is 4.75. The molecule has 0 fully saturated rings. The Hall–Kier alpha value is -3.04. The molecule has 10 nitrogen and oxygen atoms in total. The maximum Gasteiger partial charge on any atom is 0.282 e. The number of carbonyl (C=O) groups is 2. The normalized spacial score (nSPS) is 10.1. The number of nitrogens with zero attached hydrogens (tertiary/aromatic N) is 2. The van der Waals surface area contributed by atoms with Crippen LogP contribution < -0.4 is 11.1 Å². The maximum absolute atomic E-state index is 12.0. The number of nitrogens with two attached hydrogens (primary N) is 1. The van der Waals surface area contributed by atoms with Crippen molar-refractivity contribution in [2.45, 2.75) is 25.7 Å². The summed E-state index contributed by atoms with van der Waals surface area (Å²) in [5.41, 5.74) is 3.73. The van der Waals surface area contributed by atoms with Crippen LogP contribution in [-0.2, 0) is 4.79 Å². The average Bonchev–Trinajstić information content (AvgIpc) is 2.49. The number of nitro groups is 2. The smallest absolute Gasteiger partial charge is 0.282 e. The summed E-state index contributed by atoms with van der Waals surface area (Å²) in [4.78, 5) is 42.6. The molecule has 10 heteroatoms. The number of hydrogen-bond acceptors (Lipinski definition) is 6. The van der Waals surface area contributed by atoms with E-state index in [4.69, 9.17) is 5.73 Å². The summed E-state index contributed by atoms with van der Waals surface area (Å²) in [6.07, 6.45) is 2.05. The lowest BCUT2D eigenvalue weighted by molar-refractivity contribution is -0.389. The molecule has 0 radical (unpaired) electrons. The van der Waals surface area contributed by atoms with Gasteiger partial charge in [-0.05, 0) is 12.8 Å². The first kappa shape index (κ1) is 18.0. The van der Waals surface area contributed by atoms with Gasteiger partial charge in [0.25, 0.3) is 17.3 Å². The van der Waals surface area contributed by atoms with E-state index < -0.39 is 33.0 Å². The molecular weight excluding hydrogens is 308 g/mol. The molecule has 0 heterocycles. The van der Waals surface area contributed by atoms with Gasteiger partial charge in [0.1, 0.15) is 5.56 Å². The Morgan fingerprint density at radius 1 is 1.09 bits per heavy atom. The summed E-state index contributed by atoms with van der Waals surface area (Å²) < 4.78 is 0. The van der Waals surface area contributed by atoms with E-state index in [9.17, 15) is 29.8 Å². The number of nitro benzene ring substituents is 2. The van der Waals surface area contributed by atoms with Gasteiger partial charge in [0.15, 0.2) is 0 Å². The van der Waals surface area contributed by atoms with Gasteiger partial charge >= 0.3 is 0 Å². The largest absolute Gasteiger partial charge is 0.370 e. The number of amides is 2. The molecule has 0 aliphatic carbocycles. The fourth-order valence-corrected chi connectivity index (χ4v) is 1.88. The highest BCUT2D eigenvalue weighted by molar-refractivity contribution is 5.98. The molecule has 0 unspecified atom stereocenters. The van der Waals surface area contributed by atoms with Crippen molar-refractivity contribution in [3.05, 3.63) is 44.0 Å². The number of unbranched alkanes of at least 4 members (excludes halogenated alkanes) is 2. The Morgan fingerprint density at radius 3 is 2.35 bits per heavy atom. The molecule has 0 saturated heterocycles. The molecule has 0 atom stereocenters. The van der Waals surface area contributed by atoms with Gasteiger partial charge in [-0.25, -0.2) is 0 Å². The molecule has 0 aliphatic heterocycles. The zero-order chi connectivity index (χ0) is 17.4. The van der Waals surface area contributed by atoms with Gasteiger partial charge in [-0.15, -0.1) is 0 Å². The summed E-state index contributed by atoms with van der Waals surface area (Å²) in [7, 11) is 0. The molecule has 0 saturated carbocycles. The first-order valence-electron chi connectivity index (χ1n) is 6.82. The molecule has 124 valence electrons. The number of nitrogens with one attached hydrogen (secondary N) is 1. The van der Waals surface area contributed by atoms with E-state index >= 15 is 0 Å². The fourth-order valence-electron chi connectivity index (χ4n) is 1.88. The van der Waals surface area contributed by atoms with E-state index in [-0.39, 0.29) is 18.5 Å². The molecule has 3 N–H and O–H groups in total. The number of non-ortho nitro benzene ring substituents is 1. The van der Waals surface area contributed by atoms with Gasteiger partial charge < -0.3 is 11.1 Å². The van der Waals surface area contributed by atoms with Crippen molar-refractivity contribution in [1.82, 2.24) is 5.32 Å². The summed E-state index contributed by atoms with van der Waals surface area (Å²) >= 11 is 0. The molecule has 1 aromatic rings. The molecule has 1 aromatic carbocycles. The van der Waals surface area contributed by atoms with Crippen LogP contribution in [0.4, 0.5) is 11.4 Å². The highest BCUT2D eigenvalue weighted by atomic mass is 16.6. The number of primary amides is 1. The van der Waals surface area contributed by atoms with Crippen LogP contribution in [0, 0.1) is 20.2 Å². The predicted molar refractivity (Wildman–Crippen MR) is 79.7 cm³/mol. The van der Waals surface area contributed by atoms with E-state index in [2.05, 4.69) is 5.32 Å². The molecule has 23 heavy (non-hydrogen) atoms. The van der Waals surface area contributed by atoms with Crippen molar-refractivity contribution in [3.63, 3.8) is 0 Å². The van der Waals surface area contributed by atoms with Crippen molar-refractivity contribution in [2.24, 2.45) is 5.73 Å². The Bertz CT molecular complexity index is 631. The molecule has 2 amide bonds. The maximum atomic E-state index is 12.0. The third-order valence-corrected chi connectivity index (χ3v) is 3.02. The third kappa shape index (κ3) is 5.69. The zero-order valence-corrected chi connectivity index (χ0v) is 12.2. The minimum atomic E-state index is -0.772. The minimum absolute atomic E-state index is 0.234. The van der Waals surface area contributed by atoms with Gasteiger partial charge in [-0.1, -0.05) is 6.42 Å². The second kappa shape index (κ2) is 8.41. The molecule has 0 spiro atoms. The Labute approximate surface area is 131 Å². The summed E-state index contributed by atoms with van der Waals surface area (Å²) in [5.74, 6) is -1.16. The van der Waals surface area contributed by atoms with Gasteiger partial charge in [0, 0.05) is 31.2 Å². The van der Waals surface area contributed by atoms with E-state index in [0.29, 0.717) is 19.3 Å². The first-order chi connectivity index (χ1) is 10.8. The quantitative estimate of drug-likeness (QED) is 0.395. The molecule has 1 rings (SSSR count). The first-order valence-corrected chi connectivity index (χ1v) is 6.82. The van der Waals surface area contributed by atoms with E-state index in [1.165, 1.54) is 0 Å². The van der Waals surface area contributed by atoms with Crippen molar-refractivity contribution in [3.8, 4) is 0 Å². The van der Waals surface area contributed by atoms with Crippen LogP contribution >= 0.6 is 0 Å². The minimum Gasteiger partial charge on any atom is -0.370 e. The average molecular weight is 324 g/mol. The zero-order valence-electron chi connectivity index (χ0n) is 12.2. The number of hydrogen-bond donors (Lipinski definition) is 2. The standard InChI is InChI=1S/C13H16N4O6/c14-12(18)4-2-1-3-7-15-13(19)10-8-9(16(20)21)5-6-11(10)17(22)23/h5-6,8H,1-4,7H2,(H2,14,18)(H,15,19). The van der Waals surface area contributed by atoms with Gasteiger partial charge in [0.05, 0.1) is 9.85 Å². The highest BCUT2D eigenvalue weighted by Gasteiger charge is 2.23. The van der Waals surface area contributed by atoms with Crippen LogP contribution in [-0.4, -0.2) is 28.2 Å². The number of rotatable bonds is 9. The molecule has 0 bridgehead atoms. The van der Waals surface area contributed by atoms with Gasteiger partial charge in [-0.3, -0.25) is 29.8 Å². The van der Waals surface area contributed by atoms with Crippen LogP contribution in [0.1, 0.15) is 36.0 Å². The van der Waals surface area contributed by atoms with E-state index in [1.54, 1.807) is 0 Å². The lowest BCUT2D eigenvalue weighted by Crippen LogP contribution is -2.25. The van der Waals surface area contributed by atoms with Crippen LogP contribution in [0.15, 0.2) is 18.2 Å². The predicted octanol–water partition coefficient (Wildman–Crippen LogP) is 1.28. The fraction of sp³-hybridized carbons (Fsp3) is 0.385. The van der Waals surface area contributed by atoms with Crippen molar-refractivity contribution in [1.29, 1.82) is 0 Å². The van der Waals surface area contributed by atoms with Gasteiger partial charge in [-0.2, -0.15) is 0 Å². The van der Waals surface area contributed by atoms with Crippen LogP contribution in [0.25, 0.3) is 0 Å². The summed E-state index contributed by atoms with van der Waals surface area (Å²) in [5, 5.41) is 24.1. The van der Waals surface area contributed by atoms with Crippen LogP contribution in [0.5, 0.6) is 0 Å². The molecule has 0 aliphatic rings. The topological polar surface area (TPSA) is 158 Å². The monoisotopic (exact) mass is 324 g/mol. The SMILES string of the molecule is NC(=O)CCCCCNC(=O)c1cc([N+](=O)[O-])ccc1[N+](=O)[O-]. The Balaban J connectivity index is 2.67. The van der Waals surface area contributed by atoms with Crippen LogP contribution in [0.2, 0.25) is 0 Å². The lowest BCUT2D eigenvalue weighted by Gasteiger charge is -2.06. The Kier molecular flexibility index (Phi) is 6.59.